The van der Waals surface area contributed by atoms with Crippen LogP contribution in [0, 0.1) is 0 Å². The van der Waals surface area contributed by atoms with Crippen molar-refractivity contribution in [3.8, 4) is 11.5 Å². The van der Waals surface area contributed by atoms with E-state index in [0.717, 1.165) is 29.8 Å². The summed E-state index contributed by atoms with van der Waals surface area (Å²) in [6.45, 7) is 0.267. The molecule has 0 atom stereocenters. The second-order valence-electron chi connectivity index (χ2n) is 7.39. The van der Waals surface area contributed by atoms with Crippen molar-refractivity contribution in [3.63, 3.8) is 0 Å². The quantitative estimate of drug-likeness (QED) is 0.606. The van der Waals surface area contributed by atoms with Crippen molar-refractivity contribution in [2.75, 3.05) is 23.7 Å². The van der Waals surface area contributed by atoms with Crippen molar-refractivity contribution < 1.29 is 17.9 Å². The third-order valence-electron chi connectivity index (χ3n) is 4.94. The molecular formula is C23H28N2O4S. The SMILES string of the molecule is CS(=O)(=O)N(CC(=O)NCCC1=CCCCC1)c1ccc(Oc2ccccc2)cc1. The molecule has 7 heteroatoms. The molecular weight excluding hydrogens is 400 g/mol. The Morgan fingerprint density at radius 2 is 1.73 bits per heavy atom. The van der Waals surface area contributed by atoms with E-state index in [4.69, 9.17) is 4.74 Å². The summed E-state index contributed by atoms with van der Waals surface area (Å²) in [5.41, 5.74) is 1.79. The summed E-state index contributed by atoms with van der Waals surface area (Å²) < 4.78 is 31.4. The van der Waals surface area contributed by atoms with Gasteiger partial charge in [-0.05, 0) is 68.5 Å². The van der Waals surface area contributed by atoms with E-state index in [-0.39, 0.29) is 12.5 Å². The van der Waals surface area contributed by atoms with Crippen LogP contribution in [0.25, 0.3) is 0 Å². The Labute approximate surface area is 178 Å². The Morgan fingerprint density at radius 3 is 2.37 bits per heavy atom. The molecule has 0 spiro atoms. The highest BCUT2D eigenvalue weighted by molar-refractivity contribution is 7.92. The first-order chi connectivity index (χ1) is 14.4. The zero-order valence-electron chi connectivity index (χ0n) is 17.2. The lowest BCUT2D eigenvalue weighted by Gasteiger charge is -2.22. The van der Waals surface area contributed by atoms with Crippen molar-refractivity contribution in [3.05, 3.63) is 66.2 Å². The van der Waals surface area contributed by atoms with Crippen LogP contribution in [0.3, 0.4) is 0 Å². The zero-order valence-corrected chi connectivity index (χ0v) is 18.0. The lowest BCUT2D eigenvalue weighted by Crippen LogP contribution is -2.40. The van der Waals surface area contributed by atoms with E-state index in [2.05, 4.69) is 11.4 Å². The van der Waals surface area contributed by atoms with Crippen LogP contribution >= 0.6 is 0 Å². The summed E-state index contributed by atoms with van der Waals surface area (Å²) >= 11 is 0. The van der Waals surface area contributed by atoms with Crippen molar-refractivity contribution in [1.29, 1.82) is 0 Å². The van der Waals surface area contributed by atoms with Gasteiger partial charge in [-0.25, -0.2) is 8.42 Å². The third kappa shape index (κ3) is 6.62. The van der Waals surface area contributed by atoms with Gasteiger partial charge in [-0.3, -0.25) is 9.10 Å². The van der Waals surface area contributed by atoms with E-state index in [9.17, 15) is 13.2 Å². The standard InChI is InChI=1S/C23H28N2O4S/c1-30(27,28)25(18-23(26)24-17-16-19-8-4-2-5-9-19)20-12-14-22(15-13-20)29-21-10-6-3-7-11-21/h3,6-8,10-15H,2,4-5,9,16-18H2,1H3,(H,24,26). The van der Waals surface area contributed by atoms with E-state index in [0.29, 0.717) is 23.7 Å². The molecule has 1 aliphatic carbocycles. The van der Waals surface area contributed by atoms with Gasteiger partial charge in [0.2, 0.25) is 15.9 Å². The maximum Gasteiger partial charge on any atom is 0.240 e. The Kier molecular flexibility index (Phi) is 7.52. The summed E-state index contributed by atoms with van der Waals surface area (Å²) in [6, 6.07) is 16.0. The van der Waals surface area contributed by atoms with E-state index in [1.54, 1.807) is 24.3 Å². The van der Waals surface area contributed by atoms with Gasteiger partial charge in [0.05, 0.1) is 11.9 Å². The number of rotatable bonds is 9. The number of nitrogens with zero attached hydrogens (tertiary/aromatic N) is 1. The van der Waals surface area contributed by atoms with Crippen molar-refractivity contribution >= 4 is 21.6 Å². The molecule has 0 aliphatic heterocycles. The molecule has 2 aromatic rings. The number of anilines is 1. The van der Waals surface area contributed by atoms with Crippen LogP contribution in [0.1, 0.15) is 32.1 Å². The molecule has 0 aromatic heterocycles. The summed E-state index contributed by atoms with van der Waals surface area (Å²) in [6.07, 6.45) is 8.78. The Bertz CT molecular complexity index is 970. The fraction of sp³-hybridized carbons (Fsp3) is 0.348. The molecule has 0 radical (unpaired) electrons. The Balaban J connectivity index is 1.59. The normalized spacial score (nSPS) is 14.0. The molecule has 1 amide bonds. The zero-order chi connectivity index (χ0) is 21.4. The molecule has 0 saturated carbocycles. The molecule has 0 bridgehead atoms. The smallest absolute Gasteiger partial charge is 0.240 e. The lowest BCUT2D eigenvalue weighted by molar-refractivity contribution is -0.119. The highest BCUT2D eigenvalue weighted by Gasteiger charge is 2.21. The number of ether oxygens (including phenoxy) is 1. The largest absolute Gasteiger partial charge is 0.457 e. The number of carbonyl (C=O) groups excluding carboxylic acids is 1. The molecule has 0 fully saturated rings. The molecule has 2 aromatic carbocycles. The van der Waals surface area contributed by atoms with Gasteiger partial charge >= 0.3 is 0 Å². The van der Waals surface area contributed by atoms with E-state index < -0.39 is 10.0 Å². The van der Waals surface area contributed by atoms with Gasteiger partial charge in [-0.1, -0.05) is 29.8 Å². The Hall–Kier alpha value is -2.80. The topological polar surface area (TPSA) is 75.7 Å². The van der Waals surface area contributed by atoms with Gasteiger partial charge in [0.25, 0.3) is 0 Å². The monoisotopic (exact) mass is 428 g/mol. The van der Waals surface area contributed by atoms with Gasteiger partial charge in [-0.15, -0.1) is 0 Å². The van der Waals surface area contributed by atoms with Gasteiger partial charge in [0, 0.05) is 6.54 Å². The first-order valence-corrected chi connectivity index (χ1v) is 12.0. The molecule has 3 rings (SSSR count). The number of amides is 1. The van der Waals surface area contributed by atoms with Gasteiger partial charge < -0.3 is 10.1 Å². The predicted octanol–water partition coefficient (Wildman–Crippen LogP) is 4.25. The van der Waals surface area contributed by atoms with Crippen LogP contribution in [0.15, 0.2) is 66.2 Å². The minimum absolute atomic E-state index is 0.253. The number of nitrogens with one attached hydrogen (secondary N) is 1. The predicted molar refractivity (Wildman–Crippen MR) is 119 cm³/mol. The fourth-order valence-corrected chi connectivity index (χ4v) is 4.24. The Morgan fingerprint density at radius 1 is 1.03 bits per heavy atom. The van der Waals surface area contributed by atoms with E-state index in [1.807, 2.05) is 30.3 Å². The third-order valence-corrected chi connectivity index (χ3v) is 6.09. The molecule has 0 heterocycles. The summed E-state index contributed by atoms with van der Waals surface area (Å²) in [5.74, 6) is 0.961. The molecule has 0 saturated heterocycles. The van der Waals surface area contributed by atoms with Gasteiger partial charge in [0.15, 0.2) is 0 Å². The highest BCUT2D eigenvalue weighted by Crippen LogP contribution is 2.25. The van der Waals surface area contributed by atoms with E-state index >= 15 is 0 Å². The summed E-state index contributed by atoms with van der Waals surface area (Å²) in [5, 5.41) is 2.84. The molecule has 160 valence electrons. The van der Waals surface area contributed by atoms with Crippen LogP contribution < -0.4 is 14.4 Å². The van der Waals surface area contributed by atoms with Crippen LogP contribution in [0.5, 0.6) is 11.5 Å². The average molecular weight is 429 g/mol. The molecule has 6 nitrogen and oxygen atoms in total. The van der Waals surface area contributed by atoms with Crippen LogP contribution in [-0.4, -0.2) is 33.7 Å². The molecule has 1 aliphatic rings. The second kappa shape index (κ2) is 10.3. The van der Waals surface area contributed by atoms with Crippen LogP contribution in [-0.2, 0) is 14.8 Å². The lowest BCUT2D eigenvalue weighted by atomic mass is 9.97. The molecule has 0 unspecified atom stereocenters. The number of hydrogen-bond donors (Lipinski definition) is 1. The molecule has 30 heavy (non-hydrogen) atoms. The minimum Gasteiger partial charge on any atom is -0.457 e. The second-order valence-corrected chi connectivity index (χ2v) is 9.29. The molecule has 1 N–H and O–H groups in total. The van der Waals surface area contributed by atoms with E-state index in [1.165, 1.54) is 18.4 Å². The maximum absolute atomic E-state index is 12.4. The van der Waals surface area contributed by atoms with Crippen LogP contribution in [0.2, 0.25) is 0 Å². The van der Waals surface area contributed by atoms with Crippen molar-refractivity contribution in [1.82, 2.24) is 5.32 Å². The van der Waals surface area contributed by atoms with Gasteiger partial charge in [-0.2, -0.15) is 0 Å². The minimum atomic E-state index is -3.61. The van der Waals surface area contributed by atoms with Gasteiger partial charge in [0.1, 0.15) is 18.0 Å². The van der Waals surface area contributed by atoms with Crippen molar-refractivity contribution in [2.24, 2.45) is 0 Å². The number of hydrogen-bond acceptors (Lipinski definition) is 4. The highest BCUT2D eigenvalue weighted by atomic mass is 32.2. The van der Waals surface area contributed by atoms with Crippen LogP contribution in [0.4, 0.5) is 5.69 Å². The number of para-hydroxylation sites is 1. The number of sulfonamides is 1. The number of allylic oxidation sites excluding steroid dienone is 1. The number of carbonyl (C=O) groups is 1. The maximum atomic E-state index is 12.4. The summed E-state index contributed by atoms with van der Waals surface area (Å²) in [7, 11) is -3.61. The first kappa shape index (κ1) is 21.9. The van der Waals surface area contributed by atoms with Crippen molar-refractivity contribution in [2.45, 2.75) is 32.1 Å². The summed E-state index contributed by atoms with van der Waals surface area (Å²) in [4.78, 5) is 12.4. The average Bonchev–Trinajstić information content (AvgIpc) is 2.73. The number of benzene rings is 2. The first-order valence-electron chi connectivity index (χ1n) is 10.2. The fourth-order valence-electron chi connectivity index (χ4n) is 3.39.